The second-order valence-electron chi connectivity index (χ2n) is 6.18. The van der Waals surface area contributed by atoms with Gasteiger partial charge in [0.25, 0.3) is 0 Å². The van der Waals surface area contributed by atoms with Crippen LogP contribution in [0, 0.1) is 10.1 Å². The van der Waals surface area contributed by atoms with E-state index in [4.69, 9.17) is 0 Å². The molecule has 1 heterocycles. The first-order chi connectivity index (χ1) is 14.8. The Kier molecular flexibility index (Phi) is 6.29. The lowest BCUT2D eigenvalue weighted by molar-refractivity contribution is -0.383. The normalized spacial score (nSPS) is 10.9. The first-order valence-corrected chi connectivity index (χ1v) is 8.77. The Morgan fingerprint density at radius 3 is 2.32 bits per heavy atom. The fraction of sp³-hybridized carbons (Fsp3) is 0.105. The van der Waals surface area contributed by atoms with Crippen molar-refractivity contribution in [3.8, 4) is 0 Å². The van der Waals surface area contributed by atoms with E-state index in [1.165, 1.54) is 12.1 Å². The van der Waals surface area contributed by atoms with E-state index in [0.717, 1.165) is 18.5 Å². The summed E-state index contributed by atoms with van der Waals surface area (Å²) in [5, 5.41) is 13.9. The average Bonchev–Trinajstić information content (AvgIpc) is 2.72. The topological polar surface area (TPSA) is 122 Å². The Morgan fingerprint density at radius 2 is 1.65 bits per heavy atom. The lowest BCUT2D eigenvalue weighted by atomic mass is 10.1. The van der Waals surface area contributed by atoms with Crippen LogP contribution in [0.15, 0.2) is 60.9 Å². The number of benzene rings is 2. The molecule has 0 aliphatic carbocycles. The van der Waals surface area contributed by atoms with Gasteiger partial charge in [-0.2, -0.15) is 13.2 Å². The van der Waals surface area contributed by atoms with Crippen LogP contribution in [0.25, 0.3) is 0 Å². The molecular weight excluding hydrogens is 417 g/mol. The average molecular weight is 432 g/mol. The van der Waals surface area contributed by atoms with Gasteiger partial charge in [-0.1, -0.05) is 42.5 Å². The van der Waals surface area contributed by atoms with Crippen LogP contribution in [0.1, 0.15) is 11.1 Å². The second kappa shape index (κ2) is 9.07. The predicted octanol–water partition coefficient (Wildman–Crippen LogP) is 3.83. The minimum Gasteiger partial charge on any atom is -0.334 e. The van der Waals surface area contributed by atoms with Gasteiger partial charge in [0.15, 0.2) is 0 Å². The van der Waals surface area contributed by atoms with Crippen molar-refractivity contribution in [2.24, 2.45) is 0 Å². The maximum atomic E-state index is 13.2. The minimum absolute atomic E-state index is 0.00319. The number of amides is 1. The number of nitrogens with zero attached hydrogens (tertiary/aromatic N) is 3. The number of halogens is 3. The maximum Gasteiger partial charge on any atom is 0.418 e. The monoisotopic (exact) mass is 432 g/mol. The summed E-state index contributed by atoms with van der Waals surface area (Å²) in [4.78, 5) is 30.2. The number of carbonyl (C=O) groups excluding carboxylic acids is 1. The molecule has 0 aliphatic heterocycles. The molecule has 0 saturated carbocycles. The fourth-order valence-corrected chi connectivity index (χ4v) is 2.66. The maximum absolute atomic E-state index is 13.2. The first-order valence-electron chi connectivity index (χ1n) is 8.77. The van der Waals surface area contributed by atoms with Gasteiger partial charge in [-0.15, -0.1) is 0 Å². The summed E-state index contributed by atoms with van der Waals surface area (Å²) >= 11 is 0. The number of aromatic nitrogens is 2. The van der Waals surface area contributed by atoms with Gasteiger partial charge in [-0.3, -0.25) is 25.8 Å². The van der Waals surface area contributed by atoms with Crippen molar-refractivity contribution < 1.29 is 22.9 Å². The zero-order valence-electron chi connectivity index (χ0n) is 15.7. The Labute approximate surface area is 173 Å². The quantitative estimate of drug-likeness (QED) is 0.383. The van der Waals surface area contributed by atoms with Gasteiger partial charge >= 0.3 is 11.9 Å². The van der Waals surface area contributed by atoms with Crippen molar-refractivity contribution in [2.75, 3.05) is 10.7 Å². The van der Waals surface area contributed by atoms with Gasteiger partial charge < -0.3 is 5.32 Å². The molecule has 2 aromatic carbocycles. The Morgan fingerprint density at radius 1 is 1.00 bits per heavy atom. The molecule has 12 heteroatoms. The number of nitro groups is 1. The third-order valence-corrected chi connectivity index (χ3v) is 4.02. The van der Waals surface area contributed by atoms with Crippen LogP contribution < -0.4 is 16.2 Å². The van der Waals surface area contributed by atoms with Gasteiger partial charge in [0.1, 0.15) is 6.33 Å². The number of hydrogen-bond acceptors (Lipinski definition) is 7. The molecule has 0 fully saturated rings. The van der Waals surface area contributed by atoms with Crippen molar-refractivity contribution in [3.63, 3.8) is 0 Å². The molecule has 0 unspecified atom stereocenters. The molecule has 0 radical (unpaired) electrons. The molecule has 1 amide bonds. The number of carbonyl (C=O) groups is 1. The molecular formula is C19H15F3N6O3. The number of hydrazine groups is 1. The number of anilines is 3. The molecule has 0 spiro atoms. The highest BCUT2D eigenvalue weighted by Crippen LogP contribution is 2.37. The van der Waals surface area contributed by atoms with Crippen LogP contribution in [0.2, 0.25) is 0 Å². The van der Waals surface area contributed by atoms with Crippen LogP contribution in [-0.4, -0.2) is 20.8 Å². The van der Waals surface area contributed by atoms with Crippen LogP contribution >= 0.6 is 0 Å². The Bertz CT molecular complexity index is 1090. The third-order valence-electron chi connectivity index (χ3n) is 4.02. The van der Waals surface area contributed by atoms with Crippen molar-refractivity contribution in [3.05, 3.63) is 82.2 Å². The summed E-state index contributed by atoms with van der Waals surface area (Å²) in [6, 6.07) is 13.2. The molecule has 1 aromatic heterocycles. The minimum atomic E-state index is -4.68. The summed E-state index contributed by atoms with van der Waals surface area (Å²) in [7, 11) is 0. The molecule has 9 nitrogen and oxygen atoms in total. The Hall–Kier alpha value is -4.22. The van der Waals surface area contributed by atoms with Crippen molar-refractivity contribution in [1.29, 1.82) is 0 Å². The fourth-order valence-electron chi connectivity index (χ4n) is 2.66. The molecule has 3 rings (SSSR count). The molecule has 0 bridgehead atoms. The van der Waals surface area contributed by atoms with E-state index in [-0.39, 0.29) is 6.42 Å². The van der Waals surface area contributed by atoms with E-state index >= 15 is 0 Å². The summed E-state index contributed by atoms with van der Waals surface area (Å²) in [5.41, 5.74) is 3.15. The molecule has 3 aromatic rings. The van der Waals surface area contributed by atoms with Crippen molar-refractivity contribution in [1.82, 2.24) is 15.4 Å². The van der Waals surface area contributed by atoms with Gasteiger partial charge in [-0.25, -0.2) is 9.97 Å². The van der Waals surface area contributed by atoms with E-state index in [2.05, 4.69) is 26.1 Å². The summed E-state index contributed by atoms with van der Waals surface area (Å²) in [5.74, 6) is -1.37. The third kappa shape index (κ3) is 5.44. The van der Waals surface area contributed by atoms with Crippen LogP contribution in [0.4, 0.5) is 36.2 Å². The number of alkyl halides is 3. The number of nitrogens with one attached hydrogen (secondary N) is 3. The van der Waals surface area contributed by atoms with E-state index in [9.17, 15) is 28.1 Å². The molecule has 31 heavy (non-hydrogen) atoms. The summed E-state index contributed by atoms with van der Waals surface area (Å²) < 4.78 is 39.6. The lowest BCUT2D eigenvalue weighted by Gasteiger charge is -2.14. The molecule has 0 saturated heterocycles. The molecule has 3 N–H and O–H groups in total. The summed E-state index contributed by atoms with van der Waals surface area (Å²) in [6.45, 7) is 0. The smallest absolute Gasteiger partial charge is 0.334 e. The highest BCUT2D eigenvalue weighted by atomic mass is 19.4. The SMILES string of the molecule is O=C(Cc1ccccc1)NNc1ncnc(Nc2ccccc2C(F)(F)F)c1[N+](=O)[O-]. The lowest BCUT2D eigenvalue weighted by Crippen LogP contribution is -2.31. The van der Waals surface area contributed by atoms with Crippen molar-refractivity contribution >= 4 is 28.9 Å². The zero-order valence-corrected chi connectivity index (χ0v) is 15.7. The number of para-hydroxylation sites is 1. The summed E-state index contributed by atoms with van der Waals surface area (Å²) in [6.07, 6.45) is -3.77. The molecule has 0 aliphatic rings. The van der Waals surface area contributed by atoms with Crippen LogP contribution in [-0.2, 0) is 17.4 Å². The van der Waals surface area contributed by atoms with Gasteiger partial charge in [0, 0.05) is 0 Å². The highest BCUT2D eigenvalue weighted by molar-refractivity contribution is 5.81. The van der Waals surface area contributed by atoms with E-state index in [1.807, 2.05) is 0 Å². The highest BCUT2D eigenvalue weighted by Gasteiger charge is 2.34. The number of hydrogen-bond donors (Lipinski definition) is 3. The molecule has 160 valence electrons. The first kappa shape index (κ1) is 21.5. The standard InChI is InChI=1S/C19H15F3N6O3/c20-19(21,22)13-8-4-5-9-14(13)25-17-16(28(30)31)18(24-11-23-17)27-26-15(29)10-12-6-2-1-3-7-12/h1-9,11H,10H2,(H,26,29)(H2,23,24,25,27). The van der Waals surface area contributed by atoms with E-state index in [1.54, 1.807) is 30.3 Å². The van der Waals surface area contributed by atoms with Gasteiger partial charge in [0.2, 0.25) is 17.5 Å². The zero-order chi connectivity index (χ0) is 22.4. The largest absolute Gasteiger partial charge is 0.418 e. The van der Waals surface area contributed by atoms with Crippen molar-refractivity contribution in [2.45, 2.75) is 12.6 Å². The van der Waals surface area contributed by atoms with E-state index in [0.29, 0.717) is 5.56 Å². The van der Waals surface area contributed by atoms with Gasteiger partial charge in [0.05, 0.1) is 22.6 Å². The second-order valence-corrected chi connectivity index (χ2v) is 6.18. The van der Waals surface area contributed by atoms with Crippen LogP contribution in [0.5, 0.6) is 0 Å². The van der Waals surface area contributed by atoms with Crippen LogP contribution in [0.3, 0.4) is 0 Å². The van der Waals surface area contributed by atoms with Gasteiger partial charge in [-0.05, 0) is 17.7 Å². The Balaban J connectivity index is 1.82. The molecule has 0 atom stereocenters. The predicted molar refractivity (Wildman–Crippen MR) is 105 cm³/mol. The van der Waals surface area contributed by atoms with E-state index < -0.39 is 45.6 Å². The number of rotatable bonds is 7.